The van der Waals surface area contributed by atoms with Crippen LogP contribution in [0.25, 0.3) is 5.57 Å². The van der Waals surface area contributed by atoms with Gasteiger partial charge in [0.1, 0.15) is 0 Å². The Hall–Kier alpha value is -1.91. The van der Waals surface area contributed by atoms with Gasteiger partial charge in [0.2, 0.25) is 0 Å². The lowest BCUT2D eigenvalue weighted by Crippen LogP contribution is -2.46. The molecule has 2 aliphatic heterocycles. The molecule has 4 nitrogen and oxygen atoms in total. The third-order valence-electron chi connectivity index (χ3n) is 6.09. The number of allylic oxidation sites excluding steroid dienone is 2. The number of fused-ring (bicyclic) bond motifs is 1. The molecule has 1 unspecified atom stereocenters. The SMILES string of the molecule is CCCCC1=CC(C)=NC2=C(c3c(C)cc(C)cc3C)C(C)(CCCCO)NN12. The van der Waals surface area contributed by atoms with Gasteiger partial charge in [-0.1, -0.05) is 31.0 Å². The van der Waals surface area contributed by atoms with Gasteiger partial charge < -0.3 is 5.11 Å². The minimum absolute atomic E-state index is 0.214. The lowest BCUT2D eigenvalue weighted by molar-refractivity contribution is 0.230. The Balaban J connectivity index is 2.16. The molecule has 0 amide bonds. The fraction of sp³-hybridized carbons (Fsp3) is 0.560. The number of nitrogens with zero attached hydrogens (tertiary/aromatic N) is 2. The zero-order valence-corrected chi connectivity index (χ0v) is 19.0. The molecule has 2 heterocycles. The van der Waals surface area contributed by atoms with Crippen LogP contribution in [0.15, 0.2) is 34.7 Å². The second kappa shape index (κ2) is 8.85. The fourth-order valence-corrected chi connectivity index (χ4v) is 4.81. The second-order valence-electron chi connectivity index (χ2n) is 8.92. The van der Waals surface area contributed by atoms with Crippen molar-refractivity contribution in [1.82, 2.24) is 10.4 Å². The van der Waals surface area contributed by atoms with E-state index in [4.69, 9.17) is 4.99 Å². The van der Waals surface area contributed by atoms with E-state index < -0.39 is 0 Å². The van der Waals surface area contributed by atoms with Crippen molar-refractivity contribution in [2.75, 3.05) is 6.61 Å². The first-order chi connectivity index (χ1) is 13.8. The summed E-state index contributed by atoms with van der Waals surface area (Å²) in [6, 6.07) is 4.56. The number of hydrazine groups is 1. The van der Waals surface area contributed by atoms with Gasteiger partial charge in [0.15, 0.2) is 5.82 Å². The fourth-order valence-electron chi connectivity index (χ4n) is 4.81. The molecule has 3 rings (SSSR count). The van der Waals surface area contributed by atoms with E-state index in [9.17, 15) is 5.11 Å². The van der Waals surface area contributed by atoms with Crippen molar-refractivity contribution in [3.8, 4) is 0 Å². The Labute approximate surface area is 176 Å². The van der Waals surface area contributed by atoms with Gasteiger partial charge in [-0.05, 0) is 89.5 Å². The number of aryl methyl sites for hydroxylation is 3. The molecule has 0 aromatic heterocycles. The molecule has 2 aliphatic rings. The first-order valence-corrected chi connectivity index (χ1v) is 11.1. The van der Waals surface area contributed by atoms with E-state index in [0.717, 1.165) is 37.2 Å². The van der Waals surface area contributed by atoms with E-state index in [1.54, 1.807) is 0 Å². The van der Waals surface area contributed by atoms with Crippen LogP contribution >= 0.6 is 0 Å². The molecule has 0 radical (unpaired) electrons. The average Bonchev–Trinajstić information content (AvgIpc) is 2.92. The Morgan fingerprint density at radius 2 is 1.76 bits per heavy atom. The van der Waals surface area contributed by atoms with Gasteiger partial charge in [-0.2, -0.15) is 0 Å². The summed E-state index contributed by atoms with van der Waals surface area (Å²) in [6.45, 7) is 13.5. The Morgan fingerprint density at radius 1 is 1.07 bits per heavy atom. The quantitative estimate of drug-likeness (QED) is 0.566. The minimum Gasteiger partial charge on any atom is -0.396 e. The number of aliphatic imine (C=N–C) groups is 1. The zero-order chi connectivity index (χ0) is 21.2. The van der Waals surface area contributed by atoms with Crippen molar-refractivity contribution >= 4 is 11.3 Å². The van der Waals surface area contributed by atoms with Crippen molar-refractivity contribution in [3.05, 3.63) is 52.0 Å². The summed E-state index contributed by atoms with van der Waals surface area (Å²) in [6.07, 6.45) is 8.38. The number of nitrogens with one attached hydrogen (secondary N) is 1. The van der Waals surface area contributed by atoms with Gasteiger partial charge >= 0.3 is 0 Å². The summed E-state index contributed by atoms with van der Waals surface area (Å²) in [5, 5.41) is 11.6. The predicted octanol–water partition coefficient (Wildman–Crippen LogP) is 5.57. The van der Waals surface area contributed by atoms with Gasteiger partial charge in [0.05, 0.1) is 5.54 Å². The van der Waals surface area contributed by atoms with Gasteiger partial charge in [0, 0.05) is 23.6 Å². The summed E-state index contributed by atoms with van der Waals surface area (Å²) < 4.78 is 0. The molecule has 0 saturated carbocycles. The maximum atomic E-state index is 9.33. The standard InChI is InChI=1S/C25H37N3O/c1-7-8-11-21-16-20(5)26-24-23(22-18(3)14-17(2)15-19(22)4)25(6,27-28(21)24)12-9-10-13-29/h14-16,27,29H,7-13H2,1-6H3. The first kappa shape index (κ1) is 21.8. The summed E-state index contributed by atoms with van der Waals surface area (Å²) in [5.41, 5.74) is 12.5. The smallest absolute Gasteiger partial charge is 0.153 e. The van der Waals surface area contributed by atoms with Crippen LogP contribution in [0, 0.1) is 20.8 Å². The van der Waals surface area contributed by atoms with E-state index in [-0.39, 0.29) is 12.1 Å². The van der Waals surface area contributed by atoms with E-state index in [1.165, 1.54) is 46.4 Å². The third-order valence-corrected chi connectivity index (χ3v) is 6.09. The summed E-state index contributed by atoms with van der Waals surface area (Å²) in [5.74, 6) is 1.05. The average molecular weight is 396 g/mol. The molecule has 0 saturated heterocycles. The van der Waals surface area contributed by atoms with Crippen LogP contribution < -0.4 is 5.43 Å². The minimum atomic E-state index is -0.214. The normalized spacial score (nSPS) is 21.4. The third kappa shape index (κ3) is 4.34. The van der Waals surface area contributed by atoms with Gasteiger partial charge in [-0.25, -0.2) is 10.4 Å². The molecule has 1 atom stereocenters. The molecule has 29 heavy (non-hydrogen) atoms. The molecule has 158 valence electrons. The van der Waals surface area contributed by atoms with Crippen LogP contribution in [0.3, 0.4) is 0 Å². The van der Waals surface area contributed by atoms with Crippen LogP contribution in [-0.2, 0) is 0 Å². The maximum Gasteiger partial charge on any atom is 0.153 e. The molecule has 0 aliphatic carbocycles. The molecule has 1 aromatic carbocycles. The molecular weight excluding hydrogens is 358 g/mol. The molecule has 2 N–H and O–H groups in total. The summed E-state index contributed by atoms with van der Waals surface area (Å²) in [4.78, 5) is 5.02. The molecule has 4 heteroatoms. The zero-order valence-electron chi connectivity index (χ0n) is 19.0. The van der Waals surface area contributed by atoms with Crippen molar-refractivity contribution in [3.63, 3.8) is 0 Å². The van der Waals surface area contributed by atoms with E-state index in [1.807, 2.05) is 0 Å². The highest BCUT2D eigenvalue weighted by atomic mass is 16.2. The van der Waals surface area contributed by atoms with Crippen molar-refractivity contribution in [1.29, 1.82) is 0 Å². The molecular formula is C25H37N3O. The van der Waals surface area contributed by atoms with Gasteiger partial charge in [0.25, 0.3) is 0 Å². The van der Waals surface area contributed by atoms with Crippen LogP contribution in [0.5, 0.6) is 0 Å². The van der Waals surface area contributed by atoms with E-state index >= 15 is 0 Å². The van der Waals surface area contributed by atoms with Crippen LogP contribution in [0.4, 0.5) is 0 Å². The van der Waals surface area contributed by atoms with Crippen LogP contribution in [-0.4, -0.2) is 28.0 Å². The number of aliphatic hydroxyl groups is 1. The number of aliphatic hydroxyl groups excluding tert-OH is 1. The van der Waals surface area contributed by atoms with Crippen molar-refractivity contribution < 1.29 is 5.11 Å². The number of benzene rings is 1. The largest absolute Gasteiger partial charge is 0.396 e. The molecule has 0 bridgehead atoms. The van der Waals surface area contributed by atoms with Gasteiger partial charge in [-0.3, -0.25) is 5.01 Å². The topological polar surface area (TPSA) is 47.9 Å². The highest BCUT2D eigenvalue weighted by molar-refractivity contribution is 5.97. The maximum absolute atomic E-state index is 9.33. The number of rotatable bonds is 8. The van der Waals surface area contributed by atoms with E-state index in [2.05, 4.69) is 70.2 Å². The molecule has 0 spiro atoms. The highest BCUT2D eigenvalue weighted by Gasteiger charge is 2.44. The van der Waals surface area contributed by atoms with Crippen molar-refractivity contribution in [2.24, 2.45) is 4.99 Å². The van der Waals surface area contributed by atoms with Crippen LogP contribution in [0.1, 0.15) is 81.5 Å². The highest BCUT2D eigenvalue weighted by Crippen LogP contribution is 2.45. The lowest BCUT2D eigenvalue weighted by Gasteiger charge is -2.32. The monoisotopic (exact) mass is 395 g/mol. The lowest BCUT2D eigenvalue weighted by atomic mass is 9.80. The number of hydrogen-bond donors (Lipinski definition) is 2. The first-order valence-electron chi connectivity index (χ1n) is 11.1. The summed E-state index contributed by atoms with van der Waals surface area (Å²) in [7, 11) is 0. The number of unbranched alkanes of at least 4 members (excludes halogenated alkanes) is 2. The second-order valence-corrected chi connectivity index (χ2v) is 8.92. The van der Waals surface area contributed by atoms with Crippen molar-refractivity contribution in [2.45, 2.75) is 85.6 Å². The predicted molar refractivity (Wildman–Crippen MR) is 123 cm³/mol. The Bertz CT molecular complexity index is 842. The number of hydrogen-bond acceptors (Lipinski definition) is 4. The Kier molecular flexibility index (Phi) is 6.65. The molecule has 1 aromatic rings. The Morgan fingerprint density at radius 3 is 2.38 bits per heavy atom. The summed E-state index contributed by atoms with van der Waals surface area (Å²) >= 11 is 0. The molecule has 0 fully saturated rings. The van der Waals surface area contributed by atoms with Gasteiger partial charge in [-0.15, -0.1) is 0 Å². The van der Waals surface area contributed by atoms with E-state index in [0.29, 0.717) is 0 Å². The van der Waals surface area contributed by atoms with Crippen LogP contribution in [0.2, 0.25) is 0 Å².